The third-order valence-corrected chi connectivity index (χ3v) is 23.5. The summed E-state index contributed by atoms with van der Waals surface area (Å²) < 4.78 is 0. The fourth-order valence-corrected chi connectivity index (χ4v) is 16.4. The van der Waals surface area contributed by atoms with E-state index >= 15 is 33.6 Å². The maximum atomic E-state index is 15.7. The van der Waals surface area contributed by atoms with Gasteiger partial charge in [-0.3, -0.25) is 76.7 Å². The van der Waals surface area contributed by atoms with Crippen LogP contribution in [0.1, 0.15) is 155 Å². The van der Waals surface area contributed by atoms with Crippen LogP contribution in [0.25, 0.3) is 21.8 Å². The summed E-state index contributed by atoms with van der Waals surface area (Å²) in [6.07, 6.45) is 2.13. The number of aromatic amines is 2. The molecule has 5 heterocycles. The SMILES string of the molecule is CCCC[C@H]1C(=O)N(C)[C@@H](CCCC)C(=O)N[C@@H](CC(C)C)C(=O)N(C)CC(=O)NCC(=O)N[C@@H](Cc2ccc(O)cc2)C(=O)N(C)[C@@H](C)C(=O)N[C@@H](CC(N)=O)C(=O)N2CCC[C@H]2C(=O)N[C@@H](CN)C(=O)N[C@@H](CC(C)C)C(=O)N2C[C@H](O)C[C@H]2C(=O)C[C@@H](Cc2c[nH]c3ccccc23)C(=O)N[C@@H](CCN)C(=O)N[C@@H](Cc2c[nH]c3ccccc23)C(=O)N1C. The van der Waals surface area contributed by atoms with E-state index in [4.69, 9.17) is 17.2 Å². The minimum Gasteiger partial charge on any atom is -0.508 e. The van der Waals surface area contributed by atoms with Gasteiger partial charge in [-0.25, -0.2) is 0 Å². The fourth-order valence-electron chi connectivity index (χ4n) is 16.4. The number of nitrogens with two attached hydrogens (primary N) is 3. The number of phenols is 1. The molecular weight excluding hydrogens is 1610 g/mol. The number of H-pyrrole nitrogens is 2. The molecule has 3 aromatic carbocycles. The molecule has 0 saturated carbocycles. The first-order valence-corrected chi connectivity index (χ1v) is 43.2. The molecule has 0 radical (unpaired) electrons. The van der Waals surface area contributed by atoms with E-state index in [1.165, 1.54) is 69.2 Å². The van der Waals surface area contributed by atoms with Crippen molar-refractivity contribution in [2.75, 3.05) is 67.5 Å². The molecule has 2 aromatic heterocycles. The standard InChI is InChI=1S/C88H127N19O18/c1-12-14-25-69-81(118)100-63(35-49(3)4)83(120)102(8)48-76(113)94-46-75(112)95-65(37-52-28-30-56(108)31-29-52)84(121)103(9)51(7)77(114)97-67(42-74(91)111)86(123)106-34-20-27-70(106)82(119)101-68(43-90)80(117)98-64(36-50(5)6)87(124)107-47-57(109)41-72(107)73(110)40-53(38-54-44-92-60-23-18-16-21-58(54)60)78(115)96-62(32-33-89)79(116)99-66(39-55-45-93-61-24-19-17-22-59(55)61)85(122)105(11)71(26-15-13-2)88(125)104(69)10/h16-19,21-24,28-31,44-45,49-51,53,57,62-72,92-93,108-109H,12-15,20,25-27,32-43,46-48,89-90H2,1-11H3,(H2,91,111)(H,94,113)(H,95,112)(H,96,115)(H,97,114)(H,98,117)(H,99,116)(H,100,118)(H,101,119)/t51-,53+,57+,62-,63-,64-,65-,66-,67-,68-,69-,70-,71-,72-/m0/s1. The largest absolute Gasteiger partial charge is 0.508 e. The number of fused-ring (bicyclic) bond motifs is 4. The molecule has 5 aromatic rings. The number of aromatic hydroxyl groups is 1. The van der Waals surface area contributed by atoms with E-state index in [2.05, 4.69) is 52.5 Å². The predicted octanol–water partition coefficient (Wildman–Crippen LogP) is 0.0491. The van der Waals surface area contributed by atoms with Crippen molar-refractivity contribution in [1.82, 2.24) is 81.9 Å². The van der Waals surface area contributed by atoms with Gasteiger partial charge in [0.15, 0.2) is 5.78 Å². The Bertz CT molecular complexity index is 4670. The number of aromatic nitrogens is 2. The molecule has 682 valence electrons. The molecule has 37 nitrogen and oxygen atoms in total. The van der Waals surface area contributed by atoms with Crippen LogP contribution in [0.5, 0.6) is 5.75 Å². The molecule has 125 heavy (non-hydrogen) atoms. The number of benzene rings is 3. The van der Waals surface area contributed by atoms with Crippen LogP contribution >= 0.6 is 0 Å². The highest BCUT2D eigenvalue weighted by Gasteiger charge is 2.46. The number of primary amides is 1. The third-order valence-electron chi connectivity index (χ3n) is 23.5. The molecule has 8 rings (SSSR count). The molecule has 18 N–H and O–H groups in total. The zero-order chi connectivity index (χ0) is 91.8. The third kappa shape index (κ3) is 26.6. The Labute approximate surface area is 728 Å². The number of hydrogen-bond donors (Lipinski definition) is 15. The number of amides is 15. The van der Waals surface area contributed by atoms with Crippen LogP contribution in [-0.2, 0) is 96.0 Å². The van der Waals surface area contributed by atoms with E-state index in [-0.39, 0.29) is 108 Å². The average Bonchev–Trinajstić information content (AvgIpc) is 1.80. The summed E-state index contributed by atoms with van der Waals surface area (Å²) >= 11 is 0. The topological polar surface area (TPSA) is 539 Å². The van der Waals surface area contributed by atoms with Gasteiger partial charge in [0.1, 0.15) is 72.2 Å². The zero-order valence-electron chi connectivity index (χ0n) is 73.4. The Morgan fingerprint density at radius 1 is 0.520 bits per heavy atom. The summed E-state index contributed by atoms with van der Waals surface area (Å²) in [6, 6.07) is 3.03. The molecule has 3 fully saturated rings. The van der Waals surface area contributed by atoms with Gasteiger partial charge in [0.25, 0.3) is 0 Å². The number of aliphatic hydroxyl groups is 1. The number of nitrogens with zero attached hydrogens (tertiary/aromatic N) is 6. The van der Waals surface area contributed by atoms with Gasteiger partial charge in [-0.1, -0.05) is 116 Å². The highest BCUT2D eigenvalue weighted by atomic mass is 16.3. The lowest BCUT2D eigenvalue weighted by Gasteiger charge is -2.36. The summed E-state index contributed by atoms with van der Waals surface area (Å²) in [5, 5.41) is 44.4. The van der Waals surface area contributed by atoms with Crippen molar-refractivity contribution < 1.29 is 86.9 Å². The first kappa shape index (κ1) is 98.6. The molecule has 3 aliphatic rings. The van der Waals surface area contributed by atoms with Gasteiger partial charge in [0.05, 0.1) is 31.7 Å². The summed E-state index contributed by atoms with van der Waals surface area (Å²) in [6.45, 7) is 9.63. The van der Waals surface area contributed by atoms with Crippen LogP contribution in [-0.4, -0.2) is 290 Å². The Morgan fingerprint density at radius 2 is 1.04 bits per heavy atom. The van der Waals surface area contributed by atoms with Crippen molar-refractivity contribution in [3.05, 3.63) is 102 Å². The van der Waals surface area contributed by atoms with Gasteiger partial charge >= 0.3 is 0 Å². The first-order valence-electron chi connectivity index (χ1n) is 43.2. The molecule has 15 amide bonds. The lowest BCUT2D eigenvalue weighted by molar-refractivity contribution is -0.149. The number of carbonyl (C=O) groups is 16. The minimum atomic E-state index is -1.73. The minimum absolute atomic E-state index is 0.0147. The van der Waals surface area contributed by atoms with Crippen molar-refractivity contribution >= 4 is 116 Å². The number of nitrogens with one attached hydrogen (secondary N) is 10. The molecule has 0 spiro atoms. The van der Waals surface area contributed by atoms with E-state index in [1.54, 1.807) is 44.4 Å². The maximum Gasteiger partial charge on any atom is 0.246 e. The predicted molar refractivity (Wildman–Crippen MR) is 464 cm³/mol. The number of phenolic OH excluding ortho intramolecular Hbond substituents is 1. The van der Waals surface area contributed by atoms with Gasteiger partial charge in [0.2, 0.25) is 88.6 Å². The molecular formula is C88H127N19O18. The van der Waals surface area contributed by atoms with Crippen molar-refractivity contribution in [3.63, 3.8) is 0 Å². The summed E-state index contributed by atoms with van der Waals surface area (Å²) in [7, 11) is 5.40. The highest BCUT2D eigenvalue weighted by Crippen LogP contribution is 2.30. The number of ketones is 1. The van der Waals surface area contributed by atoms with Crippen LogP contribution in [0.4, 0.5) is 0 Å². The van der Waals surface area contributed by atoms with E-state index in [1.807, 2.05) is 58.0 Å². The zero-order valence-corrected chi connectivity index (χ0v) is 73.4. The monoisotopic (exact) mass is 1740 g/mol. The number of rotatable bonds is 21. The Kier molecular flexibility index (Phi) is 36.4. The maximum absolute atomic E-state index is 15.7. The van der Waals surface area contributed by atoms with Gasteiger partial charge in [-0.05, 0) is 118 Å². The van der Waals surface area contributed by atoms with Crippen LogP contribution in [0.15, 0.2) is 85.2 Å². The fraction of sp³-hybridized carbons (Fsp3) is 0.568. The number of unbranched alkanes of at least 4 members (excludes halogenated alkanes) is 2. The average molecular weight is 1740 g/mol. The van der Waals surface area contributed by atoms with E-state index in [9.17, 15) is 53.4 Å². The van der Waals surface area contributed by atoms with Gasteiger partial charge in [-0.2, -0.15) is 0 Å². The summed E-state index contributed by atoms with van der Waals surface area (Å²) in [5.74, 6) is -15.4. The number of likely N-dealkylation sites (N-methyl/N-ethyl adjacent to an activating group) is 4. The van der Waals surface area contributed by atoms with Gasteiger partial charge < -0.3 is 109 Å². The molecule has 0 aliphatic carbocycles. The Hall–Kier alpha value is -11.9. The number of Topliss-reactive ketones (excluding diaryl/α,β-unsaturated/α-hetero) is 1. The summed E-state index contributed by atoms with van der Waals surface area (Å²) in [5.41, 5.74) is 21.2. The van der Waals surface area contributed by atoms with Crippen molar-refractivity contribution in [2.45, 2.75) is 236 Å². The quantitative estimate of drug-likeness (QED) is 0.0461. The molecule has 3 saturated heterocycles. The second-order valence-corrected chi connectivity index (χ2v) is 34.0. The van der Waals surface area contributed by atoms with E-state index < -0.39 is 211 Å². The summed E-state index contributed by atoms with van der Waals surface area (Å²) in [4.78, 5) is 248. The van der Waals surface area contributed by atoms with Gasteiger partial charge in [0, 0.05) is 114 Å². The molecule has 37 heteroatoms. The van der Waals surface area contributed by atoms with Crippen molar-refractivity contribution in [1.29, 1.82) is 0 Å². The number of carbonyl (C=O) groups excluding carboxylic acids is 16. The molecule has 14 atom stereocenters. The van der Waals surface area contributed by atoms with E-state index in [0.717, 1.165) is 19.6 Å². The lowest BCUT2D eigenvalue weighted by Crippen LogP contribution is -2.61. The van der Waals surface area contributed by atoms with Crippen LogP contribution in [0.3, 0.4) is 0 Å². The second kappa shape index (κ2) is 46.2. The van der Waals surface area contributed by atoms with Crippen molar-refractivity contribution in [3.8, 4) is 5.75 Å². The molecule has 0 bridgehead atoms. The smallest absolute Gasteiger partial charge is 0.246 e. The Balaban J connectivity index is 1.16. The van der Waals surface area contributed by atoms with Crippen LogP contribution in [0, 0.1) is 17.8 Å². The Morgan fingerprint density at radius 3 is 1.63 bits per heavy atom. The van der Waals surface area contributed by atoms with E-state index in [0.29, 0.717) is 64.2 Å². The number of aliphatic hydroxyl groups excluding tert-OH is 1. The highest BCUT2D eigenvalue weighted by molar-refractivity contribution is 6.02. The van der Waals surface area contributed by atoms with Crippen LogP contribution in [0.2, 0.25) is 0 Å². The molecule has 3 aliphatic heterocycles. The van der Waals surface area contributed by atoms with Crippen molar-refractivity contribution in [2.24, 2.45) is 35.0 Å². The molecule has 0 unspecified atom stereocenters. The number of hydrogen-bond acceptors (Lipinski definition) is 20. The second-order valence-electron chi connectivity index (χ2n) is 34.0. The first-order chi connectivity index (χ1) is 59.4. The lowest BCUT2D eigenvalue weighted by atomic mass is 9.90. The van der Waals surface area contributed by atoms with Gasteiger partial charge in [-0.15, -0.1) is 0 Å². The normalized spacial score (nSPS) is 25.5. The van der Waals surface area contributed by atoms with Crippen LogP contribution < -0.4 is 59.7 Å². The number of para-hydroxylation sites is 2.